The molecule has 0 saturated carbocycles. The minimum atomic E-state index is -0.619. The van der Waals surface area contributed by atoms with Crippen LogP contribution in [-0.2, 0) is 4.74 Å². The highest BCUT2D eigenvalue weighted by atomic mass is 16.5. The maximum Gasteiger partial charge on any atom is 0.337 e. The molecule has 3 aromatic rings. The summed E-state index contributed by atoms with van der Waals surface area (Å²) in [5, 5.41) is 0.385. The third-order valence-electron chi connectivity index (χ3n) is 5.69. The van der Waals surface area contributed by atoms with E-state index in [0.29, 0.717) is 53.1 Å². The van der Waals surface area contributed by atoms with Gasteiger partial charge in [-0.3, -0.25) is 9.59 Å². The van der Waals surface area contributed by atoms with Crippen molar-refractivity contribution in [2.75, 3.05) is 40.9 Å². The van der Waals surface area contributed by atoms with Gasteiger partial charge in [0, 0.05) is 19.2 Å². The second-order valence-corrected chi connectivity index (χ2v) is 8.08. The van der Waals surface area contributed by atoms with Crippen molar-refractivity contribution in [2.24, 2.45) is 0 Å². The van der Waals surface area contributed by atoms with Crippen molar-refractivity contribution in [1.82, 2.24) is 9.80 Å². The molecule has 0 bridgehead atoms. The number of hydrogen-bond acceptors (Lipinski definition) is 7. The van der Waals surface area contributed by atoms with Crippen LogP contribution in [0, 0.1) is 0 Å². The molecule has 1 aliphatic rings. The van der Waals surface area contributed by atoms with Gasteiger partial charge in [0.1, 0.15) is 11.3 Å². The van der Waals surface area contributed by atoms with E-state index in [1.807, 2.05) is 25.9 Å². The van der Waals surface area contributed by atoms with Crippen molar-refractivity contribution in [3.05, 3.63) is 75.1 Å². The predicted molar refractivity (Wildman–Crippen MR) is 123 cm³/mol. The normalized spacial score (nSPS) is 15.2. The zero-order valence-electron chi connectivity index (χ0n) is 19.1. The fraction of sp³-hybridized carbons (Fsp3) is 0.320. The van der Waals surface area contributed by atoms with E-state index in [9.17, 15) is 14.4 Å². The number of ether oxygens (including phenoxy) is 2. The first-order chi connectivity index (χ1) is 15.8. The zero-order chi connectivity index (χ0) is 23.7. The molecule has 8 heteroatoms. The van der Waals surface area contributed by atoms with Gasteiger partial charge in [-0.25, -0.2) is 4.79 Å². The second kappa shape index (κ2) is 9.07. The van der Waals surface area contributed by atoms with Gasteiger partial charge in [-0.05, 0) is 50.8 Å². The van der Waals surface area contributed by atoms with Crippen LogP contribution in [-0.4, -0.2) is 62.6 Å². The predicted octanol–water partition coefficient (Wildman–Crippen LogP) is 3.09. The molecule has 0 N–H and O–H groups in total. The number of nitrogens with zero attached hydrogens (tertiary/aromatic N) is 2. The van der Waals surface area contributed by atoms with Crippen LogP contribution in [0.5, 0.6) is 5.75 Å². The molecule has 33 heavy (non-hydrogen) atoms. The van der Waals surface area contributed by atoms with Crippen LogP contribution in [0.4, 0.5) is 0 Å². The summed E-state index contributed by atoms with van der Waals surface area (Å²) in [6.45, 7) is 3.35. The second-order valence-electron chi connectivity index (χ2n) is 8.08. The molecular formula is C25H26N2O6. The van der Waals surface area contributed by atoms with E-state index in [4.69, 9.17) is 13.9 Å². The van der Waals surface area contributed by atoms with E-state index >= 15 is 0 Å². The third kappa shape index (κ3) is 4.09. The number of methoxy groups -OCH3 is 1. The molecule has 0 aliphatic carbocycles. The largest absolute Gasteiger partial charge is 0.494 e. The van der Waals surface area contributed by atoms with Crippen LogP contribution in [0.3, 0.4) is 0 Å². The van der Waals surface area contributed by atoms with Gasteiger partial charge >= 0.3 is 5.97 Å². The SMILES string of the molecule is CCOc1ccc2c(=O)c3c(oc2c1)C(=O)N(CCN(C)C)C3c1ccc(C(=O)OC)cc1. The molecule has 0 spiro atoms. The maximum atomic E-state index is 13.6. The smallest absolute Gasteiger partial charge is 0.337 e. The Labute approximate surface area is 191 Å². The van der Waals surface area contributed by atoms with Gasteiger partial charge < -0.3 is 23.7 Å². The molecule has 4 rings (SSSR count). The molecule has 0 saturated heterocycles. The molecule has 1 aromatic heterocycles. The van der Waals surface area contributed by atoms with Crippen molar-refractivity contribution < 1.29 is 23.5 Å². The number of carbonyl (C=O) groups is 2. The minimum absolute atomic E-state index is 0.0435. The zero-order valence-corrected chi connectivity index (χ0v) is 19.1. The first kappa shape index (κ1) is 22.5. The fourth-order valence-electron chi connectivity index (χ4n) is 4.06. The molecule has 0 fully saturated rings. The number of likely N-dealkylation sites (N-methyl/N-ethyl adjacent to an activating group) is 1. The lowest BCUT2D eigenvalue weighted by Crippen LogP contribution is -2.35. The lowest BCUT2D eigenvalue weighted by molar-refractivity contribution is 0.0599. The topological polar surface area (TPSA) is 89.3 Å². The summed E-state index contributed by atoms with van der Waals surface area (Å²) < 4.78 is 16.3. The third-order valence-corrected chi connectivity index (χ3v) is 5.69. The molecule has 0 radical (unpaired) electrons. The van der Waals surface area contributed by atoms with Crippen molar-refractivity contribution in [3.63, 3.8) is 0 Å². The Morgan fingerprint density at radius 1 is 1.12 bits per heavy atom. The fourth-order valence-corrected chi connectivity index (χ4v) is 4.06. The van der Waals surface area contributed by atoms with E-state index in [2.05, 4.69) is 0 Å². The summed E-state index contributed by atoms with van der Waals surface area (Å²) in [7, 11) is 5.15. The molecule has 2 heterocycles. The number of benzene rings is 2. The summed E-state index contributed by atoms with van der Waals surface area (Å²) in [4.78, 5) is 42.4. The Kier molecular flexibility index (Phi) is 6.20. The van der Waals surface area contributed by atoms with E-state index in [0.717, 1.165) is 0 Å². The number of amides is 1. The van der Waals surface area contributed by atoms with Crippen LogP contribution in [0.25, 0.3) is 11.0 Å². The Morgan fingerprint density at radius 2 is 1.85 bits per heavy atom. The number of hydrogen-bond donors (Lipinski definition) is 0. The van der Waals surface area contributed by atoms with Gasteiger partial charge in [0.25, 0.3) is 5.91 Å². The molecule has 8 nitrogen and oxygen atoms in total. The van der Waals surface area contributed by atoms with E-state index in [1.165, 1.54) is 7.11 Å². The van der Waals surface area contributed by atoms with Crippen molar-refractivity contribution in [3.8, 4) is 5.75 Å². The van der Waals surface area contributed by atoms with Crippen LogP contribution < -0.4 is 10.2 Å². The molecule has 1 aliphatic heterocycles. The van der Waals surface area contributed by atoms with E-state index in [-0.39, 0.29) is 17.1 Å². The highest BCUT2D eigenvalue weighted by Gasteiger charge is 2.42. The van der Waals surface area contributed by atoms with Crippen LogP contribution in [0.2, 0.25) is 0 Å². The monoisotopic (exact) mass is 450 g/mol. The average Bonchev–Trinajstić information content (AvgIpc) is 3.09. The summed E-state index contributed by atoms with van der Waals surface area (Å²) >= 11 is 0. The van der Waals surface area contributed by atoms with Gasteiger partial charge in [0.2, 0.25) is 5.76 Å². The Morgan fingerprint density at radius 3 is 2.48 bits per heavy atom. The summed E-state index contributed by atoms with van der Waals surface area (Å²) in [6, 6.07) is 11.1. The Hall–Kier alpha value is -3.65. The van der Waals surface area contributed by atoms with Crippen molar-refractivity contribution in [1.29, 1.82) is 0 Å². The van der Waals surface area contributed by atoms with Crippen molar-refractivity contribution in [2.45, 2.75) is 13.0 Å². The molecule has 172 valence electrons. The Bertz CT molecular complexity index is 1260. The summed E-state index contributed by atoms with van der Waals surface area (Å²) in [5.41, 5.74) is 1.47. The standard InChI is InChI=1S/C25H26N2O6/c1-5-32-17-10-11-18-19(14-17)33-23-20(22(18)28)21(27(24(23)29)13-12-26(2)3)15-6-8-16(9-7-15)25(30)31-4/h6-11,14,21H,5,12-13H2,1-4H3. The molecule has 1 amide bonds. The van der Waals surface area contributed by atoms with Crippen LogP contribution in [0.1, 0.15) is 45.0 Å². The quantitative estimate of drug-likeness (QED) is 0.511. The maximum absolute atomic E-state index is 13.6. The van der Waals surface area contributed by atoms with E-state index < -0.39 is 12.0 Å². The summed E-state index contributed by atoms with van der Waals surface area (Å²) in [6.07, 6.45) is 0. The minimum Gasteiger partial charge on any atom is -0.494 e. The lowest BCUT2D eigenvalue weighted by Gasteiger charge is -2.26. The van der Waals surface area contributed by atoms with Crippen LogP contribution in [0.15, 0.2) is 51.7 Å². The van der Waals surface area contributed by atoms with Gasteiger partial charge in [-0.1, -0.05) is 12.1 Å². The number of esters is 1. The lowest BCUT2D eigenvalue weighted by atomic mass is 9.97. The van der Waals surface area contributed by atoms with Gasteiger partial charge in [-0.15, -0.1) is 0 Å². The van der Waals surface area contributed by atoms with Crippen molar-refractivity contribution >= 4 is 22.8 Å². The number of fused-ring (bicyclic) bond motifs is 2. The van der Waals surface area contributed by atoms with Gasteiger partial charge in [0.05, 0.1) is 36.3 Å². The molecule has 1 unspecified atom stereocenters. The van der Waals surface area contributed by atoms with Gasteiger partial charge in [0.15, 0.2) is 5.43 Å². The number of carbonyl (C=O) groups excluding carboxylic acids is 2. The highest BCUT2D eigenvalue weighted by Crippen LogP contribution is 2.38. The van der Waals surface area contributed by atoms with Gasteiger partial charge in [-0.2, -0.15) is 0 Å². The molecule has 2 aromatic carbocycles. The van der Waals surface area contributed by atoms with E-state index in [1.54, 1.807) is 47.4 Å². The van der Waals surface area contributed by atoms with Crippen LogP contribution >= 0.6 is 0 Å². The highest BCUT2D eigenvalue weighted by molar-refractivity contribution is 5.99. The summed E-state index contributed by atoms with van der Waals surface area (Å²) in [5.74, 6) is -0.181. The molecular weight excluding hydrogens is 424 g/mol. The first-order valence-corrected chi connectivity index (χ1v) is 10.7. The molecule has 1 atom stereocenters. The first-order valence-electron chi connectivity index (χ1n) is 10.7. The number of rotatable bonds is 7. The average molecular weight is 450 g/mol. The Balaban J connectivity index is 1.87.